The van der Waals surface area contributed by atoms with Crippen LogP contribution >= 0.6 is 11.6 Å². The highest BCUT2D eigenvalue weighted by molar-refractivity contribution is 7.89. The minimum absolute atomic E-state index is 0.0473. The van der Waals surface area contributed by atoms with Crippen LogP contribution < -0.4 is 4.72 Å². The maximum absolute atomic E-state index is 12.1. The Balaban J connectivity index is 2.62. The Labute approximate surface area is 130 Å². The van der Waals surface area contributed by atoms with Crippen molar-refractivity contribution in [1.29, 1.82) is 5.26 Å². The molecule has 0 spiro atoms. The molecule has 0 bridgehead atoms. The second kappa shape index (κ2) is 8.32. The number of sulfonamides is 1. The number of rotatable bonds is 8. The third kappa shape index (κ3) is 5.61. The molecule has 8 heteroatoms. The lowest BCUT2D eigenvalue weighted by Gasteiger charge is -2.16. The van der Waals surface area contributed by atoms with Gasteiger partial charge in [-0.2, -0.15) is 5.26 Å². The van der Waals surface area contributed by atoms with Gasteiger partial charge in [0.1, 0.15) is 6.07 Å². The van der Waals surface area contributed by atoms with Crippen LogP contribution in [0.2, 0.25) is 5.02 Å². The molecule has 1 rings (SSSR count). The van der Waals surface area contributed by atoms with Crippen molar-refractivity contribution in [2.75, 3.05) is 40.4 Å². The van der Waals surface area contributed by atoms with Crippen LogP contribution in [0.4, 0.5) is 0 Å². The number of benzene rings is 1. The van der Waals surface area contributed by atoms with Gasteiger partial charge in [-0.25, -0.2) is 13.1 Å². The lowest BCUT2D eigenvalue weighted by atomic mass is 10.2. The summed E-state index contributed by atoms with van der Waals surface area (Å²) in [6.07, 6.45) is 0. The van der Waals surface area contributed by atoms with Gasteiger partial charge >= 0.3 is 0 Å². The molecule has 0 amide bonds. The monoisotopic (exact) mass is 331 g/mol. The molecule has 1 aromatic rings. The number of halogens is 1. The second-order valence-corrected chi connectivity index (χ2v) is 6.62. The Kier molecular flexibility index (Phi) is 7.08. The van der Waals surface area contributed by atoms with E-state index in [1.807, 2.05) is 18.0 Å². The number of nitrogens with zero attached hydrogens (tertiary/aromatic N) is 2. The van der Waals surface area contributed by atoms with Crippen LogP contribution in [-0.4, -0.2) is 53.7 Å². The summed E-state index contributed by atoms with van der Waals surface area (Å²) in [4.78, 5) is 2.00. The van der Waals surface area contributed by atoms with Gasteiger partial charge in [-0.3, -0.25) is 0 Å². The van der Waals surface area contributed by atoms with Gasteiger partial charge < -0.3 is 9.64 Å². The molecular formula is C13H18ClN3O3S. The van der Waals surface area contributed by atoms with Crippen LogP contribution in [0.3, 0.4) is 0 Å². The molecular weight excluding hydrogens is 314 g/mol. The largest absolute Gasteiger partial charge is 0.383 e. The first-order valence-corrected chi connectivity index (χ1v) is 8.13. The normalized spacial score (nSPS) is 11.6. The molecule has 0 unspecified atom stereocenters. The van der Waals surface area contributed by atoms with E-state index >= 15 is 0 Å². The summed E-state index contributed by atoms with van der Waals surface area (Å²) in [6.45, 7) is 2.15. The van der Waals surface area contributed by atoms with Crippen LogP contribution in [-0.2, 0) is 14.8 Å². The van der Waals surface area contributed by atoms with Crippen LogP contribution in [0.15, 0.2) is 23.1 Å². The summed E-state index contributed by atoms with van der Waals surface area (Å²) in [7, 11) is -0.129. The van der Waals surface area contributed by atoms with Crippen LogP contribution in [0.5, 0.6) is 0 Å². The zero-order chi connectivity index (χ0) is 15.9. The lowest BCUT2D eigenvalue weighted by Crippen LogP contribution is -2.34. The first-order chi connectivity index (χ1) is 9.90. The van der Waals surface area contributed by atoms with E-state index in [1.54, 1.807) is 7.11 Å². The first-order valence-electron chi connectivity index (χ1n) is 6.27. The summed E-state index contributed by atoms with van der Waals surface area (Å²) in [6, 6.07) is 5.91. The number of methoxy groups -OCH3 is 1. The van der Waals surface area contributed by atoms with Gasteiger partial charge in [0.2, 0.25) is 10.0 Å². The Morgan fingerprint density at radius 3 is 2.71 bits per heavy atom. The zero-order valence-electron chi connectivity index (χ0n) is 12.0. The third-order valence-corrected chi connectivity index (χ3v) is 4.61. The van der Waals surface area contributed by atoms with Crippen LogP contribution in [0, 0.1) is 11.3 Å². The Bertz CT molecular complexity index is 614. The topological polar surface area (TPSA) is 82.4 Å². The van der Waals surface area contributed by atoms with Crippen molar-refractivity contribution in [3.05, 3.63) is 28.8 Å². The highest BCUT2D eigenvalue weighted by Gasteiger charge is 2.15. The smallest absolute Gasteiger partial charge is 0.240 e. The van der Waals surface area contributed by atoms with E-state index in [4.69, 9.17) is 21.6 Å². The molecule has 0 aliphatic rings. The number of hydrogen-bond donors (Lipinski definition) is 1. The van der Waals surface area contributed by atoms with Gasteiger partial charge in [0.15, 0.2) is 0 Å². The predicted molar refractivity (Wildman–Crippen MR) is 80.7 cm³/mol. The maximum atomic E-state index is 12.1. The Morgan fingerprint density at radius 1 is 1.43 bits per heavy atom. The molecule has 0 aliphatic carbocycles. The third-order valence-electron chi connectivity index (χ3n) is 2.83. The average Bonchev–Trinajstić information content (AvgIpc) is 2.44. The molecule has 6 nitrogen and oxygen atoms in total. The molecule has 0 saturated carbocycles. The highest BCUT2D eigenvalue weighted by Crippen LogP contribution is 2.19. The second-order valence-electron chi connectivity index (χ2n) is 4.45. The molecule has 0 atom stereocenters. The zero-order valence-corrected chi connectivity index (χ0v) is 13.5. The van der Waals surface area contributed by atoms with Crippen molar-refractivity contribution in [1.82, 2.24) is 9.62 Å². The first kappa shape index (κ1) is 17.9. The van der Waals surface area contributed by atoms with Gasteiger partial charge in [0.25, 0.3) is 0 Å². The van der Waals surface area contributed by atoms with Crippen molar-refractivity contribution >= 4 is 21.6 Å². The van der Waals surface area contributed by atoms with Crippen molar-refractivity contribution in [3.63, 3.8) is 0 Å². The summed E-state index contributed by atoms with van der Waals surface area (Å²) < 4.78 is 31.6. The molecule has 1 N–H and O–H groups in total. The fourth-order valence-corrected chi connectivity index (χ4v) is 2.90. The molecule has 21 heavy (non-hydrogen) atoms. The number of hydrogen-bond acceptors (Lipinski definition) is 5. The van der Waals surface area contributed by atoms with Crippen LogP contribution in [0.1, 0.15) is 5.56 Å². The Hall–Kier alpha value is -1.17. The molecule has 0 radical (unpaired) electrons. The van der Waals surface area contributed by atoms with Crippen LogP contribution in [0.25, 0.3) is 0 Å². The van der Waals surface area contributed by atoms with E-state index in [1.165, 1.54) is 18.2 Å². The van der Waals surface area contributed by atoms with Gasteiger partial charge in [0, 0.05) is 26.7 Å². The van der Waals surface area contributed by atoms with Crippen molar-refractivity contribution in [2.45, 2.75) is 4.90 Å². The van der Waals surface area contributed by atoms with Gasteiger partial charge in [-0.05, 0) is 25.2 Å². The van der Waals surface area contributed by atoms with E-state index in [2.05, 4.69) is 4.72 Å². The summed E-state index contributed by atoms with van der Waals surface area (Å²) >= 11 is 5.84. The number of likely N-dealkylation sites (N-methyl/N-ethyl adjacent to an activating group) is 1. The lowest BCUT2D eigenvalue weighted by molar-refractivity contribution is 0.162. The average molecular weight is 332 g/mol. The number of ether oxygens (including phenoxy) is 1. The SMILES string of the molecule is COCCN(C)CCNS(=O)(=O)c1ccc(C#N)c(Cl)c1. The summed E-state index contributed by atoms with van der Waals surface area (Å²) in [5.41, 5.74) is 0.245. The molecule has 0 heterocycles. The van der Waals surface area contributed by atoms with Gasteiger partial charge in [-0.15, -0.1) is 0 Å². The van der Waals surface area contributed by atoms with Crippen molar-refractivity contribution < 1.29 is 13.2 Å². The number of nitriles is 1. The Morgan fingerprint density at radius 2 is 2.14 bits per heavy atom. The fraction of sp³-hybridized carbons (Fsp3) is 0.462. The molecule has 0 saturated heterocycles. The maximum Gasteiger partial charge on any atom is 0.240 e. The summed E-state index contributed by atoms with van der Waals surface area (Å²) in [5, 5.41) is 8.89. The molecule has 0 fully saturated rings. The number of nitrogens with one attached hydrogen (secondary N) is 1. The molecule has 0 aromatic heterocycles. The quantitative estimate of drug-likeness (QED) is 0.770. The highest BCUT2D eigenvalue weighted by atomic mass is 35.5. The van der Waals surface area contributed by atoms with E-state index in [0.717, 1.165) is 6.54 Å². The molecule has 1 aromatic carbocycles. The van der Waals surface area contributed by atoms with Gasteiger partial charge in [0.05, 0.1) is 22.1 Å². The van der Waals surface area contributed by atoms with Gasteiger partial charge in [-0.1, -0.05) is 11.6 Å². The van der Waals surface area contributed by atoms with E-state index in [-0.39, 0.29) is 22.0 Å². The molecule has 116 valence electrons. The minimum Gasteiger partial charge on any atom is -0.383 e. The fourth-order valence-electron chi connectivity index (χ4n) is 1.57. The van der Waals surface area contributed by atoms with Crippen molar-refractivity contribution in [2.24, 2.45) is 0 Å². The van der Waals surface area contributed by atoms with E-state index in [0.29, 0.717) is 13.2 Å². The summed E-state index contributed by atoms with van der Waals surface area (Å²) in [5.74, 6) is 0. The molecule has 0 aliphatic heterocycles. The standard InChI is InChI=1S/C13H18ClN3O3S/c1-17(7-8-20-2)6-5-16-21(18,19)12-4-3-11(10-15)13(14)9-12/h3-4,9,16H,5-8H2,1-2H3. The van der Waals surface area contributed by atoms with E-state index in [9.17, 15) is 8.42 Å². The minimum atomic E-state index is -3.63. The van der Waals surface area contributed by atoms with E-state index < -0.39 is 10.0 Å². The van der Waals surface area contributed by atoms with Crippen molar-refractivity contribution in [3.8, 4) is 6.07 Å². The predicted octanol–water partition coefficient (Wildman–Crippen LogP) is 1.07.